The first-order valence-corrected chi connectivity index (χ1v) is 11.9. The number of thioether (sulfide) groups is 1. The van der Waals surface area contributed by atoms with Crippen molar-refractivity contribution in [1.82, 2.24) is 19.7 Å². The van der Waals surface area contributed by atoms with Gasteiger partial charge in [-0.3, -0.25) is 4.79 Å². The molecular formula is C24H29N5O2S. The van der Waals surface area contributed by atoms with Gasteiger partial charge in [0.25, 0.3) is 0 Å². The number of anilines is 1. The van der Waals surface area contributed by atoms with Crippen LogP contribution in [0.3, 0.4) is 0 Å². The fourth-order valence-corrected chi connectivity index (χ4v) is 4.70. The van der Waals surface area contributed by atoms with Crippen molar-refractivity contribution in [3.05, 3.63) is 66.0 Å². The summed E-state index contributed by atoms with van der Waals surface area (Å²) in [4.78, 5) is 17.0. The molecule has 168 valence electrons. The third-order valence-corrected chi connectivity index (χ3v) is 6.50. The number of para-hydroxylation sites is 1. The lowest BCUT2D eigenvalue weighted by Crippen LogP contribution is -2.49. The van der Waals surface area contributed by atoms with Crippen LogP contribution in [-0.4, -0.2) is 57.5 Å². The molecule has 7 nitrogen and oxygen atoms in total. The van der Waals surface area contributed by atoms with Crippen LogP contribution < -0.4 is 9.64 Å². The summed E-state index contributed by atoms with van der Waals surface area (Å²) in [5, 5.41) is 9.35. The van der Waals surface area contributed by atoms with Crippen molar-refractivity contribution in [2.45, 2.75) is 32.2 Å². The summed E-state index contributed by atoms with van der Waals surface area (Å²) in [6.45, 7) is 8.35. The van der Waals surface area contributed by atoms with Crippen LogP contribution in [0.2, 0.25) is 0 Å². The maximum absolute atomic E-state index is 12.8. The summed E-state index contributed by atoms with van der Waals surface area (Å²) in [5.41, 5.74) is 2.37. The molecule has 2 heterocycles. The van der Waals surface area contributed by atoms with Gasteiger partial charge < -0.3 is 19.1 Å². The summed E-state index contributed by atoms with van der Waals surface area (Å²) in [5.74, 6) is 2.09. The third-order valence-electron chi connectivity index (χ3n) is 5.55. The number of carbonyl (C=O) groups excluding carboxylic acids is 1. The minimum absolute atomic E-state index is 0.144. The van der Waals surface area contributed by atoms with E-state index in [0.29, 0.717) is 12.4 Å². The standard InChI is InChI=1S/C24H29N5O2S/c1-3-29-22(17-31-21-11-7-8-19(2)16-21)25-26-24(29)32-18-23(30)28-14-12-27(13-15-28)20-9-5-4-6-10-20/h4-11,16H,3,12-15,17-18H2,1-2H3. The van der Waals surface area contributed by atoms with Gasteiger partial charge in [0, 0.05) is 38.4 Å². The van der Waals surface area contributed by atoms with Gasteiger partial charge in [0.1, 0.15) is 12.4 Å². The van der Waals surface area contributed by atoms with Crippen LogP contribution in [-0.2, 0) is 17.9 Å². The van der Waals surface area contributed by atoms with Crippen LogP contribution in [0.15, 0.2) is 59.8 Å². The predicted octanol–water partition coefficient (Wildman–Crippen LogP) is 3.63. The number of nitrogens with zero attached hydrogens (tertiary/aromatic N) is 5. The molecule has 1 amide bonds. The van der Waals surface area contributed by atoms with Gasteiger partial charge in [-0.25, -0.2) is 0 Å². The Hall–Kier alpha value is -3.00. The van der Waals surface area contributed by atoms with Crippen LogP contribution in [0, 0.1) is 6.92 Å². The Bertz CT molecular complexity index is 1030. The number of amides is 1. The average molecular weight is 452 g/mol. The lowest BCUT2D eigenvalue weighted by Gasteiger charge is -2.36. The molecule has 1 saturated heterocycles. The van der Waals surface area contributed by atoms with Crippen molar-refractivity contribution in [3.63, 3.8) is 0 Å². The number of hydrogen-bond acceptors (Lipinski definition) is 6. The number of ether oxygens (including phenoxy) is 1. The second kappa shape index (κ2) is 10.5. The molecule has 0 radical (unpaired) electrons. The first-order chi connectivity index (χ1) is 15.6. The van der Waals surface area contributed by atoms with Crippen LogP contribution in [0.4, 0.5) is 5.69 Å². The van der Waals surface area contributed by atoms with Gasteiger partial charge in [-0.2, -0.15) is 0 Å². The first-order valence-electron chi connectivity index (χ1n) is 11.0. The topological polar surface area (TPSA) is 63.5 Å². The van der Waals surface area contributed by atoms with Crippen LogP contribution >= 0.6 is 11.8 Å². The average Bonchev–Trinajstić information content (AvgIpc) is 3.23. The van der Waals surface area contributed by atoms with E-state index in [1.807, 2.05) is 65.8 Å². The highest BCUT2D eigenvalue weighted by Crippen LogP contribution is 2.21. The first kappa shape index (κ1) is 22.2. The molecule has 1 aromatic heterocycles. The number of rotatable bonds is 8. The molecule has 0 bridgehead atoms. The Morgan fingerprint density at radius 1 is 1.03 bits per heavy atom. The van der Waals surface area contributed by atoms with Crippen molar-refractivity contribution in [2.75, 3.05) is 36.8 Å². The molecule has 1 fully saturated rings. The molecule has 8 heteroatoms. The van der Waals surface area contributed by atoms with E-state index in [1.165, 1.54) is 17.4 Å². The number of aromatic nitrogens is 3. The molecule has 3 aromatic rings. The van der Waals surface area contributed by atoms with E-state index in [-0.39, 0.29) is 5.91 Å². The molecule has 0 atom stereocenters. The number of piperazine rings is 1. The molecule has 0 aliphatic carbocycles. The highest BCUT2D eigenvalue weighted by molar-refractivity contribution is 7.99. The molecule has 0 N–H and O–H groups in total. The summed E-state index contributed by atoms with van der Waals surface area (Å²) in [6.07, 6.45) is 0. The second-order valence-electron chi connectivity index (χ2n) is 7.74. The Morgan fingerprint density at radius 3 is 2.53 bits per heavy atom. The van der Waals surface area contributed by atoms with Crippen molar-refractivity contribution in [2.24, 2.45) is 0 Å². The van der Waals surface area contributed by atoms with Gasteiger partial charge in [-0.1, -0.05) is 42.1 Å². The van der Waals surface area contributed by atoms with Gasteiger partial charge >= 0.3 is 0 Å². The zero-order chi connectivity index (χ0) is 22.3. The fraction of sp³-hybridized carbons (Fsp3) is 0.375. The lowest BCUT2D eigenvalue weighted by atomic mass is 10.2. The third kappa shape index (κ3) is 5.43. The summed E-state index contributed by atoms with van der Waals surface area (Å²) in [7, 11) is 0. The maximum Gasteiger partial charge on any atom is 0.233 e. The fourth-order valence-electron chi connectivity index (χ4n) is 3.77. The molecule has 0 spiro atoms. The Labute approximate surface area is 193 Å². The van der Waals surface area contributed by atoms with E-state index >= 15 is 0 Å². The van der Waals surface area contributed by atoms with Crippen molar-refractivity contribution in [3.8, 4) is 5.75 Å². The van der Waals surface area contributed by atoms with E-state index in [0.717, 1.165) is 55.0 Å². The van der Waals surface area contributed by atoms with Crippen molar-refractivity contribution in [1.29, 1.82) is 0 Å². The molecule has 32 heavy (non-hydrogen) atoms. The highest BCUT2D eigenvalue weighted by atomic mass is 32.2. The molecule has 0 unspecified atom stereocenters. The van der Waals surface area contributed by atoms with Crippen LogP contribution in [0.25, 0.3) is 0 Å². The Balaban J connectivity index is 1.28. The minimum Gasteiger partial charge on any atom is -0.486 e. The number of carbonyl (C=O) groups is 1. The maximum atomic E-state index is 12.8. The number of hydrogen-bond donors (Lipinski definition) is 0. The summed E-state index contributed by atoms with van der Waals surface area (Å²) >= 11 is 1.44. The van der Waals surface area contributed by atoms with E-state index in [1.54, 1.807) is 0 Å². The summed E-state index contributed by atoms with van der Waals surface area (Å²) < 4.78 is 7.90. The zero-order valence-corrected chi connectivity index (χ0v) is 19.4. The van der Waals surface area contributed by atoms with Gasteiger partial charge in [0.05, 0.1) is 5.75 Å². The van der Waals surface area contributed by atoms with Gasteiger partial charge in [0.2, 0.25) is 5.91 Å². The molecular weight excluding hydrogens is 422 g/mol. The van der Waals surface area contributed by atoms with E-state index in [4.69, 9.17) is 4.74 Å². The van der Waals surface area contributed by atoms with Crippen LogP contribution in [0.5, 0.6) is 5.75 Å². The van der Waals surface area contributed by atoms with E-state index in [2.05, 4.69) is 27.2 Å². The smallest absolute Gasteiger partial charge is 0.233 e. The molecule has 1 aliphatic heterocycles. The lowest BCUT2D eigenvalue weighted by molar-refractivity contribution is -0.128. The zero-order valence-electron chi connectivity index (χ0n) is 18.6. The molecule has 2 aromatic carbocycles. The van der Waals surface area contributed by atoms with E-state index < -0.39 is 0 Å². The largest absolute Gasteiger partial charge is 0.486 e. The van der Waals surface area contributed by atoms with Crippen LogP contribution in [0.1, 0.15) is 18.3 Å². The highest BCUT2D eigenvalue weighted by Gasteiger charge is 2.22. The summed E-state index contributed by atoms with van der Waals surface area (Å²) in [6, 6.07) is 18.3. The number of aryl methyl sites for hydroxylation is 1. The van der Waals surface area contributed by atoms with Crippen molar-refractivity contribution < 1.29 is 9.53 Å². The molecule has 4 rings (SSSR count). The number of benzene rings is 2. The second-order valence-corrected chi connectivity index (χ2v) is 8.68. The predicted molar refractivity (Wildman–Crippen MR) is 127 cm³/mol. The SMILES string of the molecule is CCn1c(COc2cccc(C)c2)nnc1SCC(=O)N1CCN(c2ccccc2)CC1. The van der Waals surface area contributed by atoms with Gasteiger partial charge in [-0.05, 0) is 43.7 Å². The quantitative estimate of drug-likeness (QED) is 0.488. The normalized spacial score (nSPS) is 13.9. The molecule has 1 aliphatic rings. The monoisotopic (exact) mass is 451 g/mol. The molecule has 0 saturated carbocycles. The van der Waals surface area contributed by atoms with Gasteiger partial charge in [-0.15, -0.1) is 10.2 Å². The Kier molecular flexibility index (Phi) is 7.32. The van der Waals surface area contributed by atoms with Gasteiger partial charge in [0.15, 0.2) is 11.0 Å². The van der Waals surface area contributed by atoms with Crippen molar-refractivity contribution >= 4 is 23.4 Å². The minimum atomic E-state index is 0.144. The Morgan fingerprint density at radius 2 is 1.81 bits per heavy atom. The van der Waals surface area contributed by atoms with E-state index in [9.17, 15) is 4.79 Å².